The molecule has 1 heterocycles. The second-order valence-corrected chi connectivity index (χ2v) is 6.33. The summed E-state index contributed by atoms with van der Waals surface area (Å²) in [5, 5.41) is 18.9. The SMILES string of the molecule is CCCNC(=O)CN=C(NCC)NCC(O)c1ccc(Cl)s1.I. The van der Waals surface area contributed by atoms with E-state index in [0.717, 1.165) is 11.3 Å². The van der Waals surface area contributed by atoms with Gasteiger partial charge in [0.15, 0.2) is 5.96 Å². The molecule has 0 aliphatic carbocycles. The summed E-state index contributed by atoms with van der Waals surface area (Å²) >= 11 is 7.19. The summed E-state index contributed by atoms with van der Waals surface area (Å²) < 4.78 is 0.641. The number of carbonyl (C=O) groups excluding carboxylic acids is 1. The van der Waals surface area contributed by atoms with Crippen molar-refractivity contribution >= 4 is 58.8 Å². The molecule has 6 nitrogen and oxygen atoms in total. The molecule has 1 unspecified atom stereocenters. The summed E-state index contributed by atoms with van der Waals surface area (Å²) in [6, 6.07) is 3.55. The van der Waals surface area contributed by atoms with E-state index in [0.29, 0.717) is 29.9 Å². The molecule has 9 heteroatoms. The fourth-order valence-corrected chi connectivity index (χ4v) is 2.66. The summed E-state index contributed by atoms with van der Waals surface area (Å²) in [7, 11) is 0. The first-order valence-electron chi connectivity index (χ1n) is 7.29. The molecule has 0 saturated carbocycles. The first kappa shape index (κ1) is 22.4. The summed E-state index contributed by atoms with van der Waals surface area (Å²) in [6.45, 7) is 5.59. The minimum absolute atomic E-state index is 0. The van der Waals surface area contributed by atoms with E-state index in [9.17, 15) is 9.90 Å². The van der Waals surface area contributed by atoms with Crippen molar-refractivity contribution in [3.05, 3.63) is 21.3 Å². The third-order valence-corrected chi connectivity index (χ3v) is 4.01. The van der Waals surface area contributed by atoms with E-state index >= 15 is 0 Å². The molecule has 0 aliphatic heterocycles. The molecule has 0 bridgehead atoms. The predicted octanol–water partition coefficient (Wildman–Crippen LogP) is 2.13. The van der Waals surface area contributed by atoms with E-state index in [1.807, 2.05) is 13.8 Å². The third-order valence-electron chi connectivity index (χ3n) is 2.68. The van der Waals surface area contributed by atoms with Crippen LogP contribution in [0, 0.1) is 0 Å². The Bertz CT molecular complexity index is 499. The average molecular weight is 475 g/mol. The van der Waals surface area contributed by atoms with Gasteiger partial charge in [0.25, 0.3) is 0 Å². The van der Waals surface area contributed by atoms with Crippen LogP contribution in [0.1, 0.15) is 31.2 Å². The van der Waals surface area contributed by atoms with E-state index in [1.165, 1.54) is 11.3 Å². The second-order valence-electron chi connectivity index (χ2n) is 4.58. The lowest BCUT2D eigenvalue weighted by atomic mass is 10.3. The zero-order chi connectivity index (χ0) is 16.4. The topological polar surface area (TPSA) is 85.8 Å². The number of aliphatic hydroxyl groups is 1. The number of aliphatic imine (C=N–C) groups is 1. The number of halogens is 2. The van der Waals surface area contributed by atoms with Crippen molar-refractivity contribution in [1.82, 2.24) is 16.0 Å². The maximum atomic E-state index is 11.5. The fourth-order valence-electron chi connectivity index (χ4n) is 1.61. The highest BCUT2D eigenvalue weighted by Gasteiger charge is 2.11. The molecule has 1 amide bonds. The lowest BCUT2D eigenvalue weighted by Crippen LogP contribution is -2.40. The number of thiophene rings is 1. The molecule has 1 rings (SSSR count). The van der Waals surface area contributed by atoms with Crippen LogP contribution in [0.3, 0.4) is 0 Å². The minimum atomic E-state index is -0.671. The van der Waals surface area contributed by atoms with Crippen molar-refractivity contribution in [3.63, 3.8) is 0 Å². The lowest BCUT2D eigenvalue weighted by Gasteiger charge is -2.14. The van der Waals surface area contributed by atoms with Gasteiger partial charge in [0.2, 0.25) is 5.91 Å². The van der Waals surface area contributed by atoms with Gasteiger partial charge in [0.1, 0.15) is 12.6 Å². The number of carbonyl (C=O) groups is 1. The van der Waals surface area contributed by atoms with Gasteiger partial charge >= 0.3 is 0 Å². The maximum Gasteiger partial charge on any atom is 0.241 e. The van der Waals surface area contributed by atoms with Crippen LogP contribution in [0.5, 0.6) is 0 Å². The van der Waals surface area contributed by atoms with Crippen molar-refractivity contribution < 1.29 is 9.90 Å². The number of rotatable bonds is 8. The minimum Gasteiger partial charge on any atom is -0.386 e. The van der Waals surface area contributed by atoms with Gasteiger partial charge in [0.05, 0.1) is 4.34 Å². The monoisotopic (exact) mass is 474 g/mol. The Morgan fingerprint density at radius 1 is 1.35 bits per heavy atom. The van der Waals surface area contributed by atoms with E-state index in [-0.39, 0.29) is 36.4 Å². The predicted molar refractivity (Wildman–Crippen MR) is 107 cm³/mol. The Labute approximate surface area is 163 Å². The standard InChI is InChI=1S/C14H23ClN4O2S.HI/c1-3-7-17-13(21)9-19-14(16-4-2)18-8-10(20)11-5-6-12(15)22-11;/h5-6,10,20H,3-4,7-9H2,1-2H3,(H,17,21)(H2,16,18,19);1H. The van der Waals surface area contributed by atoms with Gasteiger partial charge in [-0.15, -0.1) is 35.3 Å². The summed E-state index contributed by atoms with van der Waals surface area (Å²) in [5.74, 6) is 0.375. The molecule has 0 fully saturated rings. The number of hydrogen-bond donors (Lipinski definition) is 4. The molecule has 1 atom stereocenters. The van der Waals surface area contributed by atoms with Crippen LogP contribution < -0.4 is 16.0 Å². The van der Waals surface area contributed by atoms with Crippen LogP contribution in [0.25, 0.3) is 0 Å². The van der Waals surface area contributed by atoms with Crippen LogP contribution in [-0.4, -0.2) is 43.2 Å². The zero-order valence-corrected chi connectivity index (χ0v) is 17.2. The van der Waals surface area contributed by atoms with Crippen LogP contribution >= 0.6 is 46.9 Å². The Balaban J connectivity index is 0.00000484. The largest absolute Gasteiger partial charge is 0.386 e. The fraction of sp³-hybridized carbons (Fsp3) is 0.571. The molecule has 0 saturated heterocycles. The van der Waals surface area contributed by atoms with Crippen molar-refractivity contribution in [1.29, 1.82) is 0 Å². The molecule has 0 aromatic carbocycles. The van der Waals surface area contributed by atoms with Gasteiger partial charge in [-0.3, -0.25) is 4.79 Å². The van der Waals surface area contributed by atoms with E-state index < -0.39 is 6.10 Å². The Kier molecular flexibility index (Phi) is 12.5. The molecule has 0 aliphatic rings. The molecular formula is C14H24ClIN4O2S. The first-order chi connectivity index (χ1) is 10.6. The molecule has 1 aromatic heterocycles. The Morgan fingerprint density at radius 3 is 2.65 bits per heavy atom. The number of hydrogen-bond acceptors (Lipinski definition) is 4. The highest BCUT2D eigenvalue weighted by molar-refractivity contribution is 14.0. The summed E-state index contributed by atoms with van der Waals surface area (Å²) in [5.41, 5.74) is 0. The zero-order valence-electron chi connectivity index (χ0n) is 13.3. The number of amides is 1. The normalized spacial score (nSPS) is 12.3. The summed E-state index contributed by atoms with van der Waals surface area (Å²) in [4.78, 5) is 16.5. The van der Waals surface area contributed by atoms with Crippen molar-refractivity contribution in [2.75, 3.05) is 26.2 Å². The molecule has 0 spiro atoms. The molecular weight excluding hydrogens is 451 g/mol. The highest BCUT2D eigenvalue weighted by Crippen LogP contribution is 2.26. The van der Waals surface area contributed by atoms with Crippen LogP contribution in [0.4, 0.5) is 0 Å². The lowest BCUT2D eigenvalue weighted by molar-refractivity contribution is -0.119. The Hall–Kier alpha value is -0.580. The quantitative estimate of drug-likeness (QED) is 0.264. The smallest absolute Gasteiger partial charge is 0.241 e. The van der Waals surface area contributed by atoms with Gasteiger partial charge < -0.3 is 21.1 Å². The second kappa shape index (κ2) is 12.8. The number of guanidine groups is 1. The van der Waals surface area contributed by atoms with Crippen LogP contribution in [-0.2, 0) is 4.79 Å². The number of aliphatic hydroxyl groups excluding tert-OH is 1. The van der Waals surface area contributed by atoms with Crippen molar-refractivity contribution in [2.24, 2.45) is 4.99 Å². The third kappa shape index (κ3) is 9.33. The first-order valence-corrected chi connectivity index (χ1v) is 8.48. The van der Waals surface area contributed by atoms with E-state index in [2.05, 4.69) is 20.9 Å². The Morgan fingerprint density at radius 2 is 2.09 bits per heavy atom. The molecule has 1 aromatic rings. The van der Waals surface area contributed by atoms with Gasteiger partial charge in [-0.1, -0.05) is 18.5 Å². The van der Waals surface area contributed by atoms with Gasteiger partial charge in [-0.25, -0.2) is 4.99 Å². The average Bonchev–Trinajstić information content (AvgIpc) is 2.94. The number of nitrogens with one attached hydrogen (secondary N) is 3. The molecule has 0 radical (unpaired) electrons. The molecule has 23 heavy (non-hydrogen) atoms. The summed E-state index contributed by atoms with van der Waals surface area (Å²) in [6.07, 6.45) is 0.221. The van der Waals surface area contributed by atoms with Crippen molar-refractivity contribution in [3.8, 4) is 0 Å². The van der Waals surface area contributed by atoms with Gasteiger partial charge in [0, 0.05) is 24.5 Å². The van der Waals surface area contributed by atoms with Crippen LogP contribution in [0.15, 0.2) is 17.1 Å². The number of nitrogens with zero attached hydrogens (tertiary/aromatic N) is 1. The van der Waals surface area contributed by atoms with Gasteiger partial charge in [-0.2, -0.15) is 0 Å². The molecule has 132 valence electrons. The highest BCUT2D eigenvalue weighted by atomic mass is 127. The maximum absolute atomic E-state index is 11.5. The van der Waals surface area contributed by atoms with E-state index in [1.54, 1.807) is 12.1 Å². The van der Waals surface area contributed by atoms with Gasteiger partial charge in [-0.05, 0) is 25.5 Å². The van der Waals surface area contributed by atoms with Crippen LogP contribution in [0.2, 0.25) is 4.34 Å². The molecule has 4 N–H and O–H groups in total. The van der Waals surface area contributed by atoms with Crippen molar-refractivity contribution in [2.45, 2.75) is 26.4 Å². The van der Waals surface area contributed by atoms with E-state index in [4.69, 9.17) is 11.6 Å².